The van der Waals surface area contributed by atoms with Crippen LogP contribution in [0.25, 0.3) is 0 Å². The van der Waals surface area contributed by atoms with Crippen molar-refractivity contribution in [1.82, 2.24) is 10.6 Å². The zero-order valence-corrected chi connectivity index (χ0v) is 16.2. The van der Waals surface area contributed by atoms with Gasteiger partial charge in [0.25, 0.3) is 5.91 Å². The highest BCUT2D eigenvalue weighted by atomic mass is 16.5. The molecule has 1 atom stereocenters. The third-order valence-electron chi connectivity index (χ3n) is 5.04. The highest BCUT2D eigenvalue weighted by molar-refractivity contribution is 5.97. The topological polar surface area (TPSA) is 67.4 Å². The summed E-state index contributed by atoms with van der Waals surface area (Å²) in [5, 5.41) is 6.07. The fourth-order valence-corrected chi connectivity index (χ4v) is 3.39. The maximum absolute atomic E-state index is 12.8. The van der Waals surface area contributed by atoms with E-state index >= 15 is 0 Å². The fraction of sp³-hybridized carbons (Fsp3) is 0.619. The quantitative estimate of drug-likeness (QED) is 0.813. The lowest BCUT2D eigenvalue weighted by Crippen LogP contribution is -2.52. The molecule has 0 spiro atoms. The lowest BCUT2D eigenvalue weighted by Gasteiger charge is -2.26. The molecule has 1 fully saturated rings. The minimum absolute atomic E-state index is 0.0192. The van der Waals surface area contributed by atoms with Gasteiger partial charge in [-0.25, -0.2) is 0 Å². The van der Waals surface area contributed by atoms with Gasteiger partial charge in [0.05, 0.1) is 7.11 Å². The van der Waals surface area contributed by atoms with Crippen LogP contribution in [-0.2, 0) is 4.79 Å². The van der Waals surface area contributed by atoms with E-state index in [1.165, 1.54) is 19.3 Å². The van der Waals surface area contributed by atoms with Gasteiger partial charge < -0.3 is 15.4 Å². The summed E-state index contributed by atoms with van der Waals surface area (Å²) >= 11 is 0. The molecular weight excluding hydrogens is 328 g/mol. The Kier molecular flexibility index (Phi) is 7.95. The summed E-state index contributed by atoms with van der Waals surface area (Å²) in [5.74, 6) is 0.404. The van der Waals surface area contributed by atoms with Crippen molar-refractivity contribution in [3.05, 3.63) is 29.8 Å². The highest BCUT2D eigenvalue weighted by Crippen LogP contribution is 2.18. The summed E-state index contributed by atoms with van der Waals surface area (Å²) in [6.45, 7) is 3.91. The molecule has 5 heteroatoms. The summed E-state index contributed by atoms with van der Waals surface area (Å²) in [4.78, 5) is 25.3. The SMILES string of the molecule is COc1ccc(C(=O)NC(C(=O)NC2CCCCCCC2)C(C)C)cc1. The van der Waals surface area contributed by atoms with Gasteiger partial charge in [0.2, 0.25) is 5.91 Å². The Bertz CT molecular complexity index is 575. The molecule has 0 heterocycles. The molecule has 0 bridgehead atoms. The number of methoxy groups -OCH3 is 1. The molecule has 1 aromatic carbocycles. The average Bonchev–Trinajstić information content (AvgIpc) is 2.61. The van der Waals surface area contributed by atoms with E-state index in [2.05, 4.69) is 10.6 Å². The van der Waals surface area contributed by atoms with E-state index in [1.807, 2.05) is 13.8 Å². The van der Waals surface area contributed by atoms with Crippen LogP contribution in [0.3, 0.4) is 0 Å². The van der Waals surface area contributed by atoms with E-state index < -0.39 is 6.04 Å². The summed E-state index contributed by atoms with van der Waals surface area (Å²) in [6, 6.07) is 6.59. The summed E-state index contributed by atoms with van der Waals surface area (Å²) < 4.78 is 5.11. The third kappa shape index (κ3) is 6.04. The first kappa shape index (κ1) is 20.3. The Morgan fingerprint density at radius 2 is 1.58 bits per heavy atom. The lowest BCUT2D eigenvalue weighted by atomic mass is 9.95. The molecule has 1 saturated carbocycles. The van der Waals surface area contributed by atoms with Crippen molar-refractivity contribution in [2.75, 3.05) is 7.11 Å². The number of nitrogens with one attached hydrogen (secondary N) is 2. The number of carbonyl (C=O) groups is 2. The Balaban J connectivity index is 1.97. The van der Waals surface area contributed by atoms with Gasteiger partial charge in [-0.05, 0) is 43.0 Å². The number of ether oxygens (including phenoxy) is 1. The van der Waals surface area contributed by atoms with Gasteiger partial charge in [-0.2, -0.15) is 0 Å². The molecule has 0 saturated heterocycles. The van der Waals surface area contributed by atoms with Gasteiger partial charge >= 0.3 is 0 Å². The molecule has 1 unspecified atom stereocenters. The number of hydrogen-bond donors (Lipinski definition) is 2. The molecule has 2 rings (SSSR count). The van der Waals surface area contributed by atoms with Gasteiger partial charge in [0, 0.05) is 11.6 Å². The van der Waals surface area contributed by atoms with E-state index in [9.17, 15) is 9.59 Å². The lowest BCUT2D eigenvalue weighted by molar-refractivity contribution is -0.124. The van der Waals surface area contributed by atoms with Crippen LogP contribution in [0, 0.1) is 5.92 Å². The molecule has 1 aliphatic rings. The van der Waals surface area contributed by atoms with Crippen LogP contribution in [0.1, 0.15) is 69.2 Å². The highest BCUT2D eigenvalue weighted by Gasteiger charge is 2.26. The minimum atomic E-state index is -0.532. The molecule has 2 N–H and O–H groups in total. The van der Waals surface area contributed by atoms with Crippen LogP contribution in [-0.4, -0.2) is 31.0 Å². The van der Waals surface area contributed by atoms with Gasteiger partial charge in [0.1, 0.15) is 11.8 Å². The summed E-state index contributed by atoms with van der Waals surface area (Å²) in [5.41, 5.74) is 0.523. The van der Waals surface area contributed by atoms with Crippen molar-refractivity contribution >= 4 is 11.8 Å². The van der Waals surface area contributed by atoms with Crippen LogP contribution in [0.2, 0.25) is 0 Å². The predicted octanol–water partition coefficient (Wildman–Crippen LogP) is 3.68. The van der Waals surface area contributed by atoms with Crippen molar-refractivity contribution in [3.8, 4) is 5.75 Å². The second kappa shape index (κ2) is 10.2. The van der Waals surface area contributed by atoms with E-state index in [0.717, 1.165) is 25.7 Å². The van der Waals surface area contributed by atoms with E-state index in [-0.39, 0.29) is 23.8 Å². The Labute approximate surface area is 156 Å². The third-order valence-corrected chi connectivity index (χ3v) is 5.04. The first-order valence-corrected chi connectivity index (χ1v) is 9.76. The smallest absolute Gasteiger partial charge is 0.251 e. The largest absolute Gasteiger partial charge is 0.497 e. The maximum Gasteiger partial charge on any atom is 0.251 e. The van der Waals surface area contributed by atoms with Crippen molar-refractivity contribution < 1.29 is 14.3 Å². The monoisotopic (exact) mass is 360 g/mol. The molecule has 144 valence electrons. The predicted molar refractivity (Wildman–Crippen MR) is 103 cm³/mol. The van der Waals surface area contributed by atoms with Gasteiger partial charge in [0.15, 0.2) is 0 Å². The number of rotatable bonds is 6. The van der Waals surface area contributed by atoms with Gasteiger partial charge in [-0.1, -0.05) is 46.0 Å². The van der Waals surface area contributed by atoms with Crippen LogP contribution in [0.5, 0.6) is 5.75 Å². The zero-order chi connectivity index (χ0) is 18.9. The Morgan fingerprint density at radius 3 is 2.12 bits per heavy atom. The van der Waals surface area contributed by atoms with E-state index in [1.54, 1.807) is 31.4 Å². The van der Waals surface area contributed by atoms with E-state index in [0.29, 0.717) is 11.3 Å². The average molecular weight is 360 g/mol. The van der Waals surface area contributed by atoms with Crippen molar-refractivity contribution in [2.45, 2.75) is 70.9 Å². The molecule has 2 amide bonds. The number of benzene rings is 1. The summed E-state index contributed by atoms with van der Waals surface area (Å²) in [7, 11) is 1.59. The number of hydrogen-bond acceptors (Lipinski definition) is 3. The van der Waals surface area contributed by atoms with Gasteiger partial charge in [-0.3, -0.25) is 9.59 Å². The second-order valence-corrected chi connectivity index (χ2v) is 7.47. The van der Waals surface area contributed by atoms with E-state index in [4.69, 9.17) is 4.74 Å². The van der Waals surface area contributed by atoms with Crippen LogP contribution in [0.15, 0.2) is 24.3 Å². The van der Waals surface area contributed by atoms with Crippen molar-refractivity contribution in [1.29, 1.82) is 0 Å². The molecule has 0 radical (unpaired) electrons. The maximum atomic E-state index is 12.8. The second-order valence-electron chi connectivity index (χ2n) is 7.47. The molecule has 1 aromatic rings. The Morgan fingerprint density at radius 1 is 1.00 bits per heavy atom. The first-order valence-electron chi connectivity index (χ1n) is 9.76. The standard InChI is InChI=1S/C21H32N2O3/c1-15(2)19(21(25)22-17-9-7-5-4-6-8-10-17)23-20(24)16-11-13-18(26-3)14-12-16/h11-15,17,19H,4-10H2,1-3H3,(H,22,25)(H,23,24). The van der Waals surface area contributed by atoms with Crippen LogP contribution >= 0.6 is 0 Å². The van der Waals surface area contributed by atoms with Crippen molar-refractivity contribution in [2.24, 2.45) is 5.92 Å². The molecule has 1 aliphatic carbocycles. The number of amides is 2. The zero-order valence-electron chi connectivity index (χ0n) is 16.2. The summed E-state index contributed by atoms with van der Waals surface area (Å²) in [6.07, 6.45) is 8.17. The minimum Gasteiger partial charge on any atom is -0.497 e. The van der Waals surface area contributed by atoms with Crippen molar-refractivity contribution in [3.63, 3.8) is 0 Å². The normalized spacial score (nSPS) is 17.1. The molecule has 0 aromatic heterocycles. The molecule has 5 nitrogen and oxygen atoms in total. The van der Waals surface area contributed by atoms with Crippen LogP contribution < -0.4 is 15.4 Å². The first-order chi connectivity index (χ1) is 12.5. The fourth-order valence-electron chi connectivity index (χ4n) is 3.39. The molecule has 0 aliphatic heterocycles. The molecular formula is C21H32N2O3. The molecule has 26 heavy (non-hydrogen) atoms. The Hall–Kier alpha value is -2.04. The van der Waals surface area contributed by atoms with Gasteiger partial charge in [-0.15, -0.1) is 0 Å². The number of carbonyl (C=O) groups excluding carboxylic acids is 2. The van der Waals surface area contributed by atoms with Crippen LogP contribution in [0.4, 0.5) is 0 Å².